The van der Waals surface area contributed by atoms with E-state index in [2.05, 4.69) is 15.9 Å². The van der Waals surface area contributed by atoms with E-state index in [0.717, 1.165) is 15.6 Å². The lowest BCUT2D eigenvalue weighted by Gasteiger charge is -2.21. The second-order valence-corrected chi connectivity index (χ2v) is 6.98. The van der Waals surface area contributed by atoms with Crippen molar-refractivity contribution in [3.05, 3.63) is 58.1 Å². The van der Waals surface area contributed by atoms with E-state index in [1.54, 1.807) is 25.2 Å². The molecule has 0 fully saturated rings. The first kappa shape index (κ1) is 21.8. The predicted molar refractivity (Wildman–Crippen MR) is 109 cm³/mol. The van der Waals surface area contributed by atoms with Crippen molar-refractivity contribution in [1.29, 1.82) is 0 Å². The first-order chi connectivity index (χ1) is 13.5. The first-order valence-corrected chi connectivity index (χ1v) is 9.64. The quantitative estimate of drug-likeness (QED) is 0.547. The molecular formula is C21H24BrNO5. The van der Waals surface area contributed by atoms with Crippen molar-refractivity contribution < 1.29 is 23.8 Å². The van der Waals surface area contributed by atoms with Crippen LogP contribution in [0.5, 0.6) is 11.5 Å². The van der Waals surface area contributed by atoms with Crippen LogP contribution in [0.25, 0.3) is 0 Å². The highest BCUT2D eigenvalue weighted by molar-refractivity contribution is 9.10. The number of carbonyl (C=O) groups is 2. The zero-order valence-electron chi connectivity index (χ0n) is 16.2. The van der Waals surface area contributed by atoms with Gasteiger partial charge in [-0.3, -0.25) is 9.59 Å². The fraction of sp³-hybridized carbons (Fsp3) is 0.333. The summed E-state index contributed by atoms with van der Waals surface area (Å²) in [5.41, 5.74) is 1.73. The predicted octanol–water partition coefficient (Wildman–Crippen LogP) is 3.60. The number of carbonyl (C=O) groups excluding carboxylic acids is 2. The Labute approximate surface area is 173 Å². The van der Waals surface area contributed by atoms with E-state index in [1.807, 2.05) is 43.3 Å². The van der Waals surface area contributed by atoms with Crippen LogP contribution in [0, 0.1) is 0 Å². The van der Waals surface area contributed by atoms with Gasteiger partial charge in [0.1, 0.15) is 0 Å². The first-order valence-electron chi connectivity index (χ1n) is 8.85. The molecule has 2 rings (SSSR count). The third kappa shape index (κ3) is 6.27. The molecule has 0 spiro atoms. The molecule has 0 aliphatic rings. The maximum atomic E-state index is 12.4. The van der Waals surface area contributed by atoms with Crippen molar-refractivity contribution in [2.75, 3.05) is 27.4 Å². The lowest BCUT2D eigenvalue weighted by atomic mass is 10.1. The van der Waals surface area contributed by atoms with Crippen LogP contribution in [-0.2, 0) is 27.3 Å². The minimum atomic E-state index is -0.433. The Balaban J connectivity index is 1.90. The standard InChI is InChI=1S/C21H24BrNO5/c1-4-23(13-16-7-10-18(26-2)19(11-16)27-3)20(24)14-28-21(25)12-15-5-8-17(22)9-6-15/h5-11H,4,12-14H2,1-3H3. The fourth-order valence-corrected chi connectivity index (χ4v) is 2.89. The number of amides is 1. The molecule has 0 N–H and O–H groups in total. The Morgan fingerprint density at radius 2 is 1.61 bits per heavy atom. The van der Waals surface area contributed by atoms with E-state index in [1.165, 1.54) is 0 Å². The smallest absolute Gasteiger partial charge is 0.310 e. The van der Waals surface area contributed by atoms with E-state index >= 15 is 0 Å². The van der Waals surface area contributed by atoms with Crippen LogP contribution in [0.3, 0.4) is 0 Å². The van der Waals surface area contributed by atoms with E-state index in [-0.39, 0.29) is 18.9 Å². The highest BCUT2D eigenvalue weighted by Crippen LogP contribution is 2.28. The molecule has 0 atom stereocenters. The summed E-state index contributed by atoms with van der Waals surface area (Å²) in [6.07, 6.45) is 0.127. The average Bonchev–Trinajstić information content (AvgIpc) is 2.71. The molecular weight excluding hydrogens is 426 g/mol. The molecule has 7 heteroatoms. The zero-order chi connectivity index (χ0) is 20.5. The summed E-state index contributed by atoms with van der Waals surface area (Å²) in [6.45, 7) is 2.48. The molecule has 0 unspecified atom stereocenters. The lowest BCUT2D eigenvalue weighted by molar-refractivity contribution is -0.151. The highest BCUT2D eigenvalue weighted by Gasteiger charge is 2.16. The van der Waals surface area contributed by atoms with Crippen molar-refractivity contribution in [3.63, 3.8) is 0 Å². The van der Waals surface area contributed by atoms with Gasteiger partial charge in [-0.2, -0.15) is 0 Å². The van der Waals surface area contributed by atoms with Gasteiger partial charge in [-0.1, -0.05) is 34.1 Å². The van der Waals surface area contributed by atoms with Crippen LogP contribution in [0.15, 0.2) is 46.9 Å². The molecule has 2 aromatic carbocycles. The molecule has 28 heavy (non-hydrogen) atoms. The number of likely N-dealkylation sites (N-methyl/N-ethyl adjacent to an activating group) is 1. The minimum absolute atomic E-state index is 0.127. The molecule has 0 aliphatic carbocycles. The molecule has 0 bridgehead atoms. The number of rotatable bonds is 9. The largest absolute Gasteiger partial charge is 0.493 e. The number of nitrogens with zero attached hydrogens (tertiary/aromatic N) is 1. The van der Waals surface area contributed by atoms with Gasteiger partial charge in [-0.25, -0.2) is 0 Å². The number of ether oxygens (including phenoxy) is 3. The number of esters is 1. The fourth-order valence-electron chi connectivity index (χ4n) is 2.63. The molecule has 0 heterocycles. The Morgan fingerprint density at radius 3 is 2.21 bits per heavy atom. The second-order valence-electron chi connectivity index (χ2n) is 6.06. The Morgan fingerprint density at radius 1 is 0.964 bits per heavy atom. The molecule has 0 radical (unpaired) electrons. The van der Waals surface area contributed by atoms with E-state index < -0.39 is 5.97 Å². The highest BCUT2D eigenvalue weighted by atomic mass is 79.9. The van der Waals surface area contributed by atoms with Gasteiger partial charge < -0.3 is 19.1 Å². The molecule has 0 saturated heterocycles. The van der Waals surface area contributed by atoms with Crippen molar-refractivity contribution in [1.82, 2.24) is 4.90 Å². The summed E-state index contributed by atoms with van der Waals surface area (Å²) in [5, 5.41) is 0. The zero-order valence-corrected chi connectivity index (χ0v) is 17.8. The minimum Gasteiger partial charge on any atom is -0.493 e. The molecule has 1 amide bonds. The van der Waals surface area contributed by atoms with Gasteiger partial charge in [0, 0.05) is 17.6 Å². The van der Waals surface area contributed by atoms with Crippen LogP contribution in [0.2, 0.25) is 0 Å². The number of hydrogen-bond donors (Lipinski definition) is 0. The van der Waals surface area contributed by atoms with E-state index in [4.69, 9.17) is 14.2 Å². The van der Waals surface area contributed by atoms with Gasteiger partial charge >= 0.3 is 5.97 Å². The van der Waals surface area contributed by atoms with Gasteiger partial charge in [0.2, 0.25) is 0 Å². The Bertz CT molecular complexity index is 807. The summed E-state index contributed by atoms with van der Waals surface area (Å²) in [7, 11) is 3.14. The Hall–Kier alpha value is -2.54. The van der Waals surface area contributed by atoms with Crippen LogP contribution in [0.4, 0.5) is 0 Å². The van der Waals surface area contributed by atoms with E-state index in [0.29, 0.717) is 24.6 Å². The Kier molecular flexibility index (Phi) is 8.32. The molecule has 0 aliphatic heterocycles. The number of methoxy groups -OCH3 is 2. The number of benzene rings is 2. The number of hydrogen-bond acceptors (Lipinski definition) is 5. The van der Waals surface area contributed by atoms with Gasteiger partial charge in [0.05, 0.1) is 20.6 Å². The summed E-state index contributed by atoms with van der Waals surface area (Å²) in [6, 6.07) is 12.9. The maximum Gasteiger partial charge on any atom is 0.310 e. The maximum absolute atomic E-state index is 12.4. The van der Waals surface area contributed by atoms with Crippen LogP contribution >= 0.6 is 15.9 Å². The lowest BCUT2D eigenvalue weighted by Crippen LogP contribution is -2.34. The summed E-state index contributed by atoms with van der Waals surface area (Å²) >= 11 is 3.35. The van der Waals surface area contributed by atoms with Gasteiger partial charge in [-0.05, 0) is 42.3 Å². The molecule has 0 aromatic heterocycles. The molecule has 6 nitrogen and oxygen atoms in total. The van der Waals surface area contributed by atoms with Gasteiger partial charge in [0.15, 0.2) is 18.1 Å². The third-order valence-electron chi connectivity index (χ3n) is 4.17. The molecule has 150 valence electrons. The van der Waals surface area contributed by atoms with Crippen molar-refractivity contribution in [3.8, 4) is 11.5 Å². The number of halogens is 1. The van der Waals surface area contributed by atoms with Gasteiger partial charge in [-0.15, -0.1) is 0 Å². The molecule has 0 saturated carbocycles. The van der Waals surface area contributed by atoms with E-state index in [9.17, 15) is 9.59 Å². The molecule has 2 aromatic rings. The normalized spacial score (nSPS) is 10.3. The second kappa shape index (κ2) is 10.7. The van der Waals surface area contributed by atoms with Crippen LogP contribution in [0.1, 0.15) is 18.1 Å². The van der Waals surface area contributed by atoms with Crippen molar-refractivity contribution in [2.45, 2.75) is 19.9 Å². The summed E-state index contributed by atoms with van der Waals surface area (Å²) in [4.78, 5) is 26.1. The van der Waals surface area contributed by atoms with Crippen LogP contribution in [-0.4, -0.2) is 44.1 Å². The third-order valence-corrected chi connectivity index (χ3v) is 4.70. The van der Waals surface area contributed by atoms with Crippen molar-refractivity contribution >= 4 is 27.8 Å². The van der Waals surface area contributed by atoms with Crippen LogP contribution < -0.4 is 9.47 Å². The summed E-state index contributed by atoms with van der Waals surface area (Å²) < 4.78 is 16.6. The van der Waals surface area contributed by atoms with Gasteiger partial charge in [0.25, 0.3) is 5.91 Å². The van der Waals surface area contributed by atoms with Crippen molar-refractivity contribution in [2.24, 2.45) is 0 Å². The monoisotopic (exact) mass is 449 g/mol. The SMILES string of the molecule is CCN(Cc1ccc(OC)c(OC)c1)C(=O)COC(=O)Cc1ccc(Br)cc1. The average molecular weight is 450 g/mol. The topological polar surface area (TPSA) is 65.1 Å². The summed E-state index contributed by atoms with van der Waals surface area (Å²) in [5.74, 6) is 0.547.